The first kappa shape index (κ1) is 17.9. The largest absolute Gasteiger partial charge is 0.396 e. The van der Waals surface area contributed by atoms with Crippen molar-refractivity contribution >= 4 is 27.4 Å². The Bertz CT molecular complexity index is 981. The van der Waals surface area contributed by atoms with E-state index in [9.17, 15) is 5.11 Å². The van der Waals surface area contributed by atoms with Crippen LogP contribution < -0.4 is 5.32 Å². The Kier molecular flexibility index (Phi) is 4.72. The van der Waals surface area contributed by atoms with Crippen molar-refractivity contribution in [3.63, 3.8) is 0 Å². The summed E-state index contributed by atoms with van der Waals surface area (Å²) < 4.78 is 0. The highest BCUT2D eigenvalue weighted by molar-refractivity contribution is 7.19. The number of nitrogens with zero attached hydrogens (tertiary/aromatic N) is 4. The molecule has 0 amide bonds. The van der Waals surface area contributed by atoms with Crippen LogP contribution in [-0.2, 0) is 12.8 Å². The highest BCUT2D eigenvalue weighted by Gasteiger charge is 2.35. The average Bonchev–Trinajstić information content (AvgIpc) is 3.33. The standard InChI is InChI=1S/C21H25N5OS/c27-12-9-21(7-3-4-8-21)26-19-17-14-5-1-2-6-16(14)28-20(17)25-18(24-19)15-13-22-10-11-23-15/h10-11,13,27H,1-9,12H2,(H,24,25,26). The molecule has 0 aliphatic heterocycles. The second kappa shape index (κ2) is 7.37. The number of aliphatic hydroxyl groups excluding tert-OH is 1. The number of thiophene rings is 1. The Balaban J connectivity index is 1.67. The lowest BCUT2D eigenvalue weighted by Crippen LogP contribution is -2.36. The highest BCUT2D eigenvalue weighted by Crippen LogP contribution is 2.42. The predicted octanol–water partition coefficient (Wildman–Crippen LogP) is 4.13. The molecule has 2 aliphatic carbocycles. The number of rotatable bonds is 5. The molecule has 3 aromatic rings. The molecule has 28 heavy (non-hydrogen) atoms. The van der Waals surface area contributed by atoms with Crippen LogP contribution in [0.2, 0.25) is 0 Å². The summed E-state index contributed by atoms with van der Waals surface area (Å²) in [4.78, 5) is 20.9. The van der Waals surface area contributed by atoms with E-state index in [4.69, 9.17) is 9.97 Å². The first-order valence-electron chi connectivity index (χ1n) is 10.3. The van der Waals surface area contributed by atoms with Gasteiger partial charge < -0.3 is 10.4 Å². The van der Waals surface area contributed by atoms with Crippen molar-refractivity contribution in [3.05, 3.63) is 29.0 Å². The molecule has 5 rings (SSSR count). The molecule has 0 saturated heterocycles. The molecule has 2 aliphatic rings. The quantitative estimate of drug-likeness (QED) is 0.676. The summed E-state index contributed by atoms with van der Waals surface area (Å²) in [7, 11) is 0. The molecule has 0 aromatic carbocycles. The zero-order valence-corrected chi connectivity index (χ0v) is 16.8. The van der Waals surface area contributed by atoms with Gasteiger partial charge in [0.25, 0.3) is 0 Å². The van der Waals surface area contributed by atoms with Crippen LogP contribution in [0, 0.1) is 0 Å². The molecule has 0 spiro atoms. The average molecular weight is 396 g/mol. The minimum absolute atomic E-state index is 0.0703. The molecular formula is C21H25N5OS. The van der Waals surface area contributed by atoms with Crippen LogP contribution in [0.25, 0.3) is 21.7 Å². The Morgan fingerprint density at radius 1 is 1.07 bits per heavy atom. The number of hydrogen-bond acceptors (Lipinski definition) is 7. The molecule has 3 heterocycles. The maximum atomic E-state index is 9.68. The fourth-order valence-corrected chi connectivity index (χ4v) is 5.99. The van der Waals surface area contributed by atoms with E-state index in [0.717, 1.165) is 42.8 Å². The summed E-state index contributed by atoms with van der Waals surface area (Å²) in [6, 6.07) is 0. The Morgan fingerprint density at radius 3 is 2.71 bits per heavy atom. The van der Waals surface area contributed by atoms with Crippen molar-refractivity contribution in [2.45, 2.75) is 63.3 Å². The second-order valence-corrected chi connectivity index (χ2v) is 9.05. The number of aryl methyl sites for hydroxylation is 2. The summed E-state index contributed by atoms with van der Waals surface area (Å²) in [5.41, 5.74) is 2.05. The number of aliphatic hydroxyl groups is 1. The van der Waals surface area contributed by atoms with Crippen LogP contribution in [0.15, 0.2) is 18.6 Å². The Morgan fingerprint density at radius 2 is 1.93 bits per heavy atom. The maximum absolute atomic E-state index is 9.68. The summed E-state index contributed by atoms with van der Waals surface area (Å²) >= 11 is 1.80. The van der Waals surface area contributed by atoms with Gasteiger partial charge in [-0.25, -0.2) is 15.0 Å². The fourth-order valence-electron chi connectivity index (χ4n) is 4.73. The molecule has 1 saturated carbocycles. The van der Waals surface area contributed by atoms with E-state index in [1.165, 1.54) is 41.5 Å². The number of hydrogen-bond donors (Lipinski definition) is 2. The van der Waals surface area contributed by atoms with E-state index in [1.54, 1.807) is 29.9 Å². The zero-order valence-electron chi connectivity index (χ0n) is 15.9. The van der Waals surface area contributed by atoms with E-state index >= 15 is 0 Å². The lowest BCUT2D eigenvalue weighted by molar-refractivity contribution is 0.249. The molecule has 7 heteroatoms. The summed E-state index contributed by atoms with van der Waals surface area (Å²) in [6.07, 6.45) is 15.1. The normalized spacial score (nSPS) is 18.3. The highest BCUT2D eigenvalue weighted by atomic mass is 32.1. The third-order valence-corrected chi connectivity index (χ3v) is 7.33. The van der Waals surface area contributed by atoms with Gasteiger partial charge in [0.15, 0.2) is 5.82 Å². The molecule has 0 atom stereocenters. The first-order valence-corrected chi connectivity index (χ1v) is 11.1. The number of anilines is 1. The van der Waals surface area contributed by atoms with E-state index in [1.807, 2.05) is 0 Å². The van der Waals surface area contributed by atoms with Crippen LogP contribution in [-0.4, -0.2) is 37.2 Å². The van der Waals surface area contributed by atoms with E-state index < -0.39 is 0 Å². The SMILES string of the molecule is OCCC1(Nc2nc(-c3cnccn3)nc3sc4c(c23)CCCC4)CCCC1. The van der Waals surface area contributed by atoms with Crippen molar-refractivity contribution in [2.24, 2.45) is 0 Å². The minimum Gasteiger partial charge on any atom is -0.396 e. The zero-order chi connectivity index (χ0) is 19.0. The molecule has 3 aromatic heterocycles. The molecule has 6 nitrogen and oxygen atoms in total. The van der Waals surface area contributed by atoms with Crippen LogP contribution in [0.5, 0.6) is 0 Å². The third kappa shape index (κ3) is 3.16. The van der Waals surface area contributed by atoms with Gasteiger partial charge >= 0.3 is 0 Å². The van der Waals surface area contributed by atoms with Gasteiger partial charge in [-0.05, 0) is 50.5 Å². The Labute approximate surface area is 168 Å². The van der Waals surface area contributed by atoms with Crippen molar-refractivity contribution in [1.29, 1.82) is 0 Å². The molecule has 0 bridgehead atoms. The number of fused-ring (bicyclic) bond motifs is 3. The third-order valence-electron chi connectivity index (χ3n) is 6.14. The topological polar surface area (TPSA) is 83.8 Å². The van der Waals surface area contributed by atoms with Crippen molar-refractivity contribution < 1.29 is 5.11 Å². The van der Waals surface area contributed by atoms with Gasteiger partial charge in [0.1, 0.15) is 16.3 Å². The number of nitrogens with one attached hydrogen (secondary N) is 1. The summed E-state index contributed by atoms with van der Waals surface area (Å²) in [6.45, 7) is 0.194. The lowest BCUT2D eigenvalue weighted by atomic mass is 9.92. The molecule has 0 unspecified atom stereocenters. The number of aromatic nitrogens is 4. The van der Waals surface area contributed by atoms with Crippen LogP contribution >= 0.6 is 11.3 Å². The van der Waals surface area contributed by atoms with Crippen LogP contribution in [0.1, 0.15) is 55.4 Å². The monoisotopic (exact) mass is 395 g/mol. The van der Waals surface area contributed by atoms with Gasteiger partial charge in [-0.2, -0.15) is 0 Å². The minimum atomic E-state index is -0.0703. The van der Waals surface area contributed by atoms with Crippen LogP contribution in [0.3, 0.4) is 0 Å². The van der Waals surface area contributed by atoms with Crippen molar-refractivity contribution in [3.8, 4) is 11.5 Å². The maximum Gasteiger partial charge on any atom is 0.183 e. The Hall–Kier alpha value is -2.12. The summed E-state index contributed by atoms with van der Waals surface area (Å²) in [5.74, 6) is 1.54. The fraction of sp³-hybridized carbons (Fsp3) is 0.524. The first-order chi connectivity index (χ1) is 13.8. The van der Waals surface area contributed by atoms with Gasteiger partial charge in [0, 0.05) is 29.4 Å². The van der Waals surface area contributed by atoms with Gasteiger partial charge in [0.05, 0.1) is 11.6 Å². The molecule has 146 valence electrons. The van der Waals surface area contributed by atoms with E-state index in [-0.39, 0.29) is 12.1 Å². The van der Waals surface area contributed by atoms with E-state index in [0.29, 0.717) is 11.5 Å². The smallest absolute Gasteiger partial charge is 0.183 e. The van der Waals surface area contributed by atoms with Gasteiger partial charge in [-0.3, -0.25) is 4.98 Å². The second-order valence-electron chi connectivity index (χ2n) is 7.96. The van der Waals surface area contributed by atoms with Crippen molar-refractivity contribution in [1.82, 2.24) is 19.9 Å². The molecule has 0 radical (unpaired) electrons. The van der Waals surface area contributed by atoms with Crippen LogP contribution in [0.4, 0.5) is 5.82 Å². The summed E-state index contributed by atoms with van der Waals surface area (Å²) in [5, 5.41) is 14.7. The van der Waals surface area contributed by atoms with Crippen molar-refractivity contribution in [2.75, 3.05) is 11.9 Å². The molecule has 2 N–H and O–H groups in total. The van der Waals surface area contributed by atoms with Gasteiger partial charge in [-0.15, -0.1) is 11.3 Å². The lowest BCUT2D eigenvalue weighted by Gasteiger charge is -2.31. The predicted molar refractivity (Wildman–Crippen MR) is 112 cm³/mol. The van der Waals surface area contributed by atoms with Gasteiger partial charge in [0.2, 0.25) is 0 Å². The molecular weight excluding hydrogens is 370 g/mol. The van der Waals surface area contributed by atoms with E-state index in [2.05, 4.69) is 15.3 Å². The van der Waals surface area contributed by atoms with Gasteiger partial charge in [-0.1, -0.05) is 12.8 Å². The molecule has 1 fully saturated rings.